The number of Topliss-reactive ketones (excluding diaryl/α,β-unsaturated/α-hetero) is 1. The number of hydrogen-bond acceptors (Lipinski definition) is 5. The Kier molecular flexibility index (Phi) is 3.21. The highest BCUT2D eigenvalue weighted by Crippen LogP contribution is 2.15. The molecule has 82 valence electrons. The lowest BCUT2D eigenvalue weighted by Crippen LogP contribution is -2.02. The molecule has 2 rings (SSSR count). The fourth-order valence-corrected chi connectivity index (χ4v) is 1.80. The van der Waals surface area contributed by atoms with Gasteiger partial charge < -0.3 is 5.11 Å². The van der Waals surface area contributed by atoms with E-state index < -0.39 is 0 Å². The van der Waals surface area contributed by atoms with Crippen LogP contribution in [0.3, 0.4) is 0 Å². The number of rotatable bonds is 4. The molecule has 0 fully saturated rings. The zero-order valence-corrected chi connectivity index (χ0v) is 9.07. The molecule has 1 aromatic heterocycles. The number of phenols is 1. The van der Waals surface area contributed by atoms with E-state index in [1.165, 1.54) is 30.2 Å². The fourth-order valence-electron chi connectivity index (χ4n) is 1.13. The first-order valence-corrected chi connectivity index (χ1v) is 5.54. The minimum Gasteiger partial charge on any atom is -0.508 e. The number of aromatic nitrogens is 3. The van der Waals surface area contributed by atoms with Crippen LogP contribution in [0.5, 0.6) is 5.75 Å². The van der Waals surface area contributed by atoms with Gasteiger partial charge in [-0.3, -0.25) is 9.89 Å². The average molecular weight is 235 g/mol. The van der Waals surface area contributed by atoms with Crippen molar-refractivity contribution in [3.8, 4) is 5.75 Å². The second kappa shape index (κ2) is 4.80. The van der Waals surface area contributed by atoms with E-state index in [0.29, 0.717) is 16.5 Å². The highest BCUT2D eigenvalue weighted by molar-refractivity contribution is 7.99. The fraction of sp³-hybridized carbons (Fsp3) is 0.100. The maximum atomic E-state index is 11.7. The summed E-state index contributed by atoms with van der Waals surface area (Å²) in [6.45, 7) is 0. The molecule has 2 aromatic rings. The van der Waals surface area contributed by atoms with Crippen molar-refractivity contribution in [1.82, 2.24) is 15.2 Å². The maximum Gasteiger partial charge on any atom is 0.183 e. The number of H-pyrrole nitrogens is 1. The Morgan fingerprint density at radius 1 is 1.38 bits per heavy atom. The second-order valence-electron chi connectivity index (χ2n) is 3.05. The van der Waals surface area contributed by atoms with Crippen molar-refractivity contribution in [3.05, 3.63) is 36.2 Å². The monoisotopic (exact) mass is 235 g/mol. The first-order chi connectivity index (χ1) is 7.75. The van der Waals surface area contributed by atoms with Gasteiger partial charge in [-0.2, -0.15) is 5.10 Å². The summed E-state index contributed by atoms with van der Waals surface area (Å²) >= 11 is 1.29. The first-order valence-electron chi connectivity index (χ1n) is 4.56. The van der Waals surface area contributed by atoms with Crippen molar-refractivity contribution in [2.45, 2.75) is 5.16 Å². The lowest BCUT2D eigenvalue weighted by atomic mass is 10.1. The Labute approximate surface area is 95.9 Å². The van der Waals surface area contributed by atoms with Gasteiger partial charge in [0.1, 0.15) is 12.1 Å². The van der Waals surface area contributed by atoms with E-state index in [1.54, 1.807) is 12.1 Å². The highest BCUT2D eigenvalue weighted by Gasteiger charge is 2.07. The third-order valence-electron chi connectivity index (χ3n) is 1.92. The van der Waals surface area contributed by atoms with Crippen LogP contribution in [0, 0.1) is 0 Å². The molecule has 0 unspecified atom stereocenters. The molecule has 0 aliphatic rings. The van der Waals surface area contributed by atoms with E-state index in [2.05, 4.69) is 15.2 Å². The Morgan fingerprint density at radius 3 is 2.75 bits per heavy atom. The average Bonchev–Trinajstić information content (AvgIpc) is 2.80. The SMILES string of the molecule is O=C(CSc1ncn[nH]1)c1ccc(O)cc1. The summed E-state index contributed by atoms with van der Waals surface area (Å²) in [5, 5.41) is 16.0. The van der Waals surface area contributed by atoms with Gasteiger partial charge in [0.25, 0.3) is 0 Å². The van der Waals surface area contributed by atoms with Crippen molar-refractivity contribution in [2.24, 2.45) is 0 Å². The number of benzene rings is 1. The van der Waals surface area contributed by atoms with Gasteiger partial charge in [-0.1, -0.05) is 11.8 Å². The van der Waals surface area contributed by atoms with Gasteiger partial charge >= 0.3 is 0 Å². The Hall–Kier alpha value is -1.82. The van der Waals surface area contributed by atoms with Gasteiger partial charge in [-0.05, 0) is 24.3 Å². The molecular weight excluding hydrogens is 226 g/mol. The van der Waals surface area contributed by atoms with Gasteiger partial charge in [0, 0.05) is 5.56 Å². The zero-order chi connectivity index (χ0) is 11.4. The molecule has 0 bridgehead atoms. The van der Waals surface area contributed by atoms with Gasteiger partial charge in [-0.25, -0.2) is 4.98 Å². The molecule has 0 atom stereocenters. The third-order valence-corrected chi connectivity index (χ3v) is 2.80. The zero-order valence-electron chi connectivity index (χ0n) is 8.25. The van der Waals surface area contributed by atoms with E-state index in [-0.39, 0.29) is 11.5 Å². The number of aromatic hydroxyl groups is 1. The normalized spacial score (nSPS) is 10.2. The topological polar surface area (TPSA) is 78.9 Å². The first kappa shape index (κ1) is 10.7. The molecular formula is C10H9N3O2S. The molecule has 5 nitrogen and oxygen atoms in total. The van der Waals surface area contributed by atoms with Crippen LogP contribution in [0.1, 0.15) is 10.4 Å². The van der Waals surface area contributed by atoms with Crippen LogP contribution in [0.4, 0.5) is 0 Å². The lowest BCUT2D eigenvalue weighted by Gasteiger charge is -1.99. The summed E-state index contributed by atoms with van der Waals surface area (Å²) < 4.78 is 0. The number of ketones is 1. The molecule has 1 aromatic carbocycles. The summed E-state index contributed by atoms with van der Waals surface area (Å²) in [5.74, 6) is 0.431. The molecule has 0 aliphatic carbocycles. The minimum absolute atomic E-state index is 0.0126. The predicted molar refractivity (Wildman–Crippen MR) is 59.5 cm³/mol. The number of carbonyl (C=O) groups excluding carboxylic acids is 1. The smallest absolute Gasteiger partial charge is 0.183 e. The van der Waals surface area contributed by atoms with Crippen molar-refractivity contribution in [2.75, 3.05) is 5.75 Å². The predicted octanol–water partition coefficient (Wildman–Crippen LogP) is 1.49. The Bertz CT molecular complexity index is 467. The number of phenolic OH excluding ortho intramolecular Hbond substituents is 1. The molecule has 1 heterocycles. The number of thioether (sulfide) groups is 1. The van der Waals surface area contributed by atoms with Gasteiger partial charge in [0.15, 0.2) is 10.9 Å². The van der Waals surface area contributed by atoms with E-state index in [9.17, 15) is 4.79 Å². The van der Waals surface area contributed by atoms with Gasteiger partial charge in [-0.15, -0.1) is 0 Å². The van der Waals surface area contributed by atoms with Crippen LogP contribution in [-0.2, 0) is 0 Å². The number of aromatic amines is 1. The van der Waals surface area contributed by atoms with Crippen LogP contribution in [0.15, 0.2) is 35.7 Å². The molecule has 0 amide bonds. The van der Waals surface area contributed by atoms with Crippen LogP contribution in [0.25, 0.3) is 0 Å². The van der Waals surface area contributed by atoms with Gasteiger partial charge in [0.05, 0.1) is 5.75 Å². The lowest BCUT2D eigenvalue weighted by molar-refractivity contribution is 0.102. The van der Waals surface area contributed by atoms with E-state index >= 15 is 0 Å². The van der Waals surface area contributed by atoms with Gasteiger partial charge in [0.2, 0.25) is 0 Å². The number of hydrogen-bond donors (Lipinski definition) is 2. The largest absolute Gasteiger partial charge is 0.508 e. The van der Waals surface area contributed by atoms with E-state index in [1.807, 2.05) is 0 Å². The molecule has 16 heavy (non-hydrogen) atoms. The van der Waals surface area contributed by atoms with Crippen LogP contribution >= 0.6 is 11.8 Å². The van der Waals surface area contributed by atoms with Crippen LogP contribution in [0.2, 0.25) is 0 Å². The molecule has 6 heteroatoms. The summed E-state index contributed by atoms with van der Waals surface area (Å²) in [6, 6.07) is 6.18. The van der Waals surface area contributed by atoms with Crippen LogP contribution < -0.4 is 0 Å². The number of carbonyl (C=O) groups is 1. The van der Waals surface area contributed by atoms with Crippen molar-refractivity contribution in [3.63, 3.8) is 0 Å². The summed E-state index contributed by atoms with van der Waals surface area (Å²) in [6.07, 6.45) is 1.40. The molecule has 0 saturated carbocycles. The summed E-state index contributed by atoms with van der Waals surface area (Å²) in [7, 11) is 0. The van der Waals surface area contributed by atoms with Crippen molar-refractivity contribution in [1.29, 1.82) is 0 Å². The third kappa shape index (κ3) is 2.60. The minimum atomic E-state index is -0.0126. The number of nitrogens with one attached hydrogen (secondary N) is 1. The van der Waals surface area contributed by atoms with Crippen LogP contribution in [-0.4, -0.2) is 31.8 Å². The Balaban J connectivity index is 1.95. The molecule has 0 radical (unpaired) electrons. The van der Waals surface area contributed by atoms with Crippen molar-refractivity contribution < 1.29 is 9.90 Å². The molecule has 0 saturated heterocycles. The van der Waals surface area contributed by atoms with E-state index in [0.717, 1.165) is 0 Å². The second-order valence-corrected chi connectivity index (χ2v) is 4.01. The summed E-state index contributed by atoms with van der Waals surface area (Å²) in [5.41, 5.74) is 0.574. The molecule has 2 N–H and O–H groups in total. The maximum absolute atomic E-state index is 11.7. The standard InChI is InChI=1S/C10H9N3O2S/c14-8-3-1-7(2-4-8)9(15)5-16-10-11-6-12-13-10/h1-4,6,14H,5H2,(H,11,12,13). The van der Waals surface area contributed by atoms with Crippen molar-refractivity contribution >= 4 is 17.5 Å². The Morgan fingerprint density at radius 2 is 2.12 bits per heavy atom. The molecule has 0 aliphatic heterocycles. The van der Waals surface area contributed by atoms with E-state index in [4.69, 9.17) is 5.11 Å². The quantitative estimate of drug-likeness (QED) is 0.620. The number of nitrogens with zero attached hydrogens (tertiary/aromatic N) is 2. The highest BCUT2D eigenvalue weighted by atomic mass is 32.2. The molecule has 0 spiro atoms. The summed E-state index contributed by atoms with van der Waals surface area (Å²) in [4.78, 5) is 15.6.